The van der Waals surface area contributed by atoms with Crippen LogP contribution in [0.25, 0.3) is 0 Å². The molecule has 8 heteroatoms. The van der Waals surface area contributed by atoms with Gasteiger partial charge in [-0.05, 0) is 55.9 Å². The van der Waals surface area contributed by atoms with Gasteiger partial charge in [-0.2, -0.15) is 4.39 Å². The van der Waals surface area contributed by atoms with E-state index in [2.05, 4.69) is 11.9 Å². The van der Waals surface area contributed by atoms with Crippen molar-refractivity contribution in [1.29, 1.82) is 0 Å². The van der Waals surface area contributed by atoms with Crippen molar-refractivity contribution < 1.29 is 22.1 Å². The number of rotatable bonds is 16. The van der Waals surface area contributed by atoms with E-state index in [1.54, 1.807) is 6.92 Å². The fourth-order valence-corrected chi connectivity index (χ4v) is 6.83. The third kappa shape index (κ3) is 9.07. The Morgan fingerprint density at radius 2 is 1.54 bits per heavy atom. The maximum absolute atomic E-state index is 15.5. The molecule has 1 unspecified atom stereocenters. The summed E-state index contributed by atoms with van der Waals surface area (Å²) in [7, 11) is -1.96. The van der Waals surface area contributed by atoms with Crippen LogP contribution in [0, 0.1) is 23.4 Å². The van der Waals surface area contributed by atoms with Gasteiger partial charge in [0.05, 0.1) is 17.4 Å². The molecule has 1 saturated carbocycles. The standard InChI is InChI=1S/C33H47F3N2O2S/c1-4-7-9-11-21-40-31-28(35)27(34)30(32(29(31)36)41(39)22-6-3)38-33(37)26-19-17-25(18-20-26)24-15-13-23(14-16-24)12-10-8-5-2/h17-20,23-24H,4-16,21-22H2,1-3H3,(H2,37,38). The van der Waals surface area contributed by atoms with E-state index in [0.29, 0.717) is 24.3 Å². The minimum Gasteiger partial charge on any atom is -0.488 e. The smallest absolute Gasteiger partial charge is 0.206 e. The van der Waals surface area contributed by atoms with E-state index in [9.17, 15) is 4.21 Å². The molecule has 0 bridgehead atoms. The molecular weight excluding hydrogens is 545 g/mol. The van der Waals surface area contributed by atoms with Crippen LogP contribution in [0.3, 0.4) is 0 Å². The lowest BCUT2D eigenvalue weighted by atomic mass is 9.77. The molecule has 2 aromatic carbocycles. The number of amidine groups is 1. The summed E-state index contributed by atoms with van der Waals surface area (Å²) in [4.78, 5) is 3.58. The maximum atomic E-state index is 15.5. The van der Waals surface area contributed by atoms with E-state index in [4.69, 9.17) is 10.5 Å². The molecule has 0 aromatic heterocycles. The highest BCUT2D eigenvalue weighted by molar-refractivity contribution is 7.85. The first-order valence-corrected chi connectivity index (χ1v) is 16.8. The van der Waals surface area contributed by atoms with Crippen molar-refractivity contribution in [3.63, 3.8) is 0 Å². The monoisotopic (exact) mass is 592 g/mol. The first-order chi connectivity index (χ1) is 19.8. The molecule has 0 spiro atoms. The molecule has 1 aliphatic rings. The second-order valence-electron chi connectivity index (χ2n) is 11.2. The van der Waals surface area contributed by atoms with E-state index in [1.165, 1.54) is 44.1 Å². The summed E-state index contributed by atoms with van der Waals surface area (Å²) in [6.07, 6.45) is 13.8. The van der Waals surface area contributed by atoms with Gasteiger partial charge in [-0.25, -0.2) is 13.8 Å². The molecule has 0 radical (unpaired) electrons. The van der Waals surface area contributed by atoms with Crippen LogP contribution in [-0.4, -0.2) is 22.4 Å². The number of halogens is 3. The van der Waals surface area contributed by atoms with Gasteiger partial charge in [0.2, 0.25) is 5.82 Å². The Morgan fingerprint density at radius 1 is 0.878 bits per heavy atom. The van der Waals surface area contributed by atoms with Crippen molar-refractivity contribution in [2.45, 2.75) is 115 Å². The Balaban J connectivity index is 1.81. The lowest BCUT2D eigenvalue weighted by Crippen LogP contribution is -2.16. The summed E-state index contributed by atoms with van der Waals surface area (Å²) >= 11 is 0. The number of nitrogens with zero attached hydrogens (tertiary/aromatic N) is 1. The zero-order valence-electron chi connectivity index (χ0n) is 25.0. The first kappa shape index (κ1) is 33.2. The summed E-state index contributed by atoms with van der Waals surface area (Å²) in [5.74, 6) is -3.65. The Kier molecular flexibility index (Phi) is 13.7. The lowest BCUT2D eigenvalue weighted by Gasteiger charge is -2.29. The van der Waals surface area contributed by atoms with Gasteiger partial charge in [0.1, 0.15) is 16.4 Å². The third-order valence-corrected chi connectivity index (χ3v) is 9.65. The number of unbranched alkanes of at least 4 members (excludes halogenated alkanes) is 5. The summed E-state index contributed by atoms with van der Waals surface area (Å²) in [5.41, 5.74) is 7.27. The van der Waals surface area contributed by atoms with Gasteiger partial charge in [-0.3, -0.25) is 4.21 Å². The fourth-order valence-electron chi connectivity index (χ4n) is 5.61. The molecule has 41 heavy (non-hydrogen) atoms. The summed E-state index contributed by atoms with van der Waals surface area (Å²) in [6, 6.07) is 7.62. The van der Waals surface area contributed by atoms with Crippen molar-refractivity contribution in [2.75, 3.05) is 12.4 Å². The molecule has 2 N–H and O–H groups in total. The molecule has 0 saturated heterocycles. The van der Waals surface area contributed by atoms with E-state index in [-0.39, 0.29) is 18.2 Å². The lowest BCUT2D eigenvalue weighted by molar-refractivity contribution is 0.267. The molecular formula is C33H47F3N2O2S. The molecule has 0 heterocycles. The minimum absolute atomic E-state index is 0.0325. The van der Waals surface area contributed by atoms with E-state index in [1.807, 2.05) is 31.2 Å². The van der Waals surface area contributed by atoms with Crippen molar-refractivity contribution in [1.82, 2.24) is 0 Å². The van der Waals surface area contributed by atoms with Crippen LogP contribution in [0.4, 0.5) is 18.9 Å². The number of hydrogen-bond donors (Lipinski definition) is 1. The van der Waals surface area contributed by atoms with Crippen LogP contribution < -0.4 is 10.5 Å². The Labute approximate surface area is 246 Å². The summed E-state index contributed by atoms with van der Waals surface area (Å²) in [6.45, 7) is 6.09. The highest BCUT2D eigenvalue weighted by Crippen LogP contribution is 2.40. The number of benzene rings is 2. The van der Waals surface area contributed by atoms with E-state index >= 15 is 13.2 Å². The van der Waals surface area contributed by atoms with Crippen LogP contribution in [0.2, 0.25) is 0 Å². The van der Waals surface area contributed by atoms with Crippen molar-refractivity contribution in [3.05, 3.63) is 52.8 Å². The van der Waals surface area contributed by atoms with Gasteiger partial charge in [0.15, 0.2) is 17.4 Å². The molecule has 2 aromatic rings. The molecule has 1 aliphatic carbocycles. The zero-order valence-corrected chi connectivity index (χ0v) is 25.8. The average molecular weight is 593 g/mol. The number of aliphatic imine (C=N–C) groups is 1. The van der Waals surface area contributed by atoms with E-state index in [0.717, 1.165) is 38.0 Å². The fraction of sp³-hybridized carbons (Fsp3) is 0.606. The largest absolute Gasteiger partial charge is 0.488 e. The SMILES string of the molecule is CCCCCCOc1c(F)c(F)c(N=C(N)c2ccc(C3CCC(CCCCC)CC3)cc2)c(S(=O)CCC)c1F. The van der Waals surface area contributed by atoms with Crippen molar-refractivity contribution in [3.8, 4) is 5.75 Å². The van der Waals surface area contributed by atoms with Crippen molar-refractivity contribution >= 4 is 22.3 Å². The van der Waals surface area contributed by atoms with E-state index < -0.39 is 44.6 Å². The predicted molar refractivity (Wildman–Crippen MR) is 163 cm³/mol. The highest BCUT2D eigenvalue weighted by atomic mass is 32.2. The third-order valence-electron chi connectivity index (χ3n) is 8.05. The highest BCUT2D eigenvalue weighted by Gasteiger charge is 2.30. The van der Waals surface area contributed by atoms with Crippen LogP contribution in [0.5, 0.6) is 5.75 Å². The summed E-state index contributed by atoms with van der Waals surface area (Å²) in [5, 5.41) is 0. The molecule has 4 nitrogen and oxygen atoms in total. The van der Waals surface area contributed by atoms with Gasteiger partial charge in [0.25, 0.3) is 0 Å². The molecule has 1 fully saturated rings. The zero-order chi connectivity index (χ0) is 29.8. The predicted octanol–water partition coefficient (Wildman–Crippen LogP) is 9.47. The van der Waals surface area contributed by atoms with Gasteiger partial charge >= 0.3 is 0 Å². The second-order valence-corrected chi connectivity index (χ2v) is 12.7. The van der Waals surface area contributed by atoms with Crippen LogP contribution >= 0.6 is 0 Å². The van der Waals surface area contributed by atoms with Gasteiger partial charge in [0, 0.05) is 11.3 Å². The molecule has 0 aliphatic heterocycles. The van der Waals surface area contributed by atoms with Crippen LogP contribution in [0.1, 0.15) is 121 Å². The topological polar surface area (TPSA) is 64.7 Å². The number of ether oxygens (including phenoxy) is 1. The normalized spacial score (nSPS) is 18.4. The van der Waals surface area contributed by atoms with Gasteiger partial charge in [-0.15, -0.1) is 0 Å². The second kappa shape index (κ2) is 16.9. The average Bonchev–Trinajstić information content (AvgIpc) is 2.98. The molecule has 0 amide bonds. The Hall–Kier alpha value is -2.35. The Bertz CT molecular complexity index is 1160. The molecule has 1 atom stereocenters. The van der Waals surface area contributed by atoms with Crippen molar-refractivity contribution in [2.24, 2.45) is 16.6 Å². The molecule has 228 valence electrons. The Morgan fingerprint density at radius 3 is 2.17 bits per heavy atom. The maximum Gasteiger partial charge on any atom is 0.206 e. The van der Waals surface area contributed by atoms with Crippen LogP contribution in [-0.2, 0) is 10.8 Å². The molecule has 3 rings (SSSR count). The summed E-state index contributed by atoms with van der Waals surface area (Å²) < 4.78 is 64.1. The van der Waals surface area contributed by atoms with Crippen LogP contribution in [0.15, 0.2) is 34.2 Å². The number of nitrogens with two attached hydrogens (primary N) is 1. The number of hydrogen-bond acceptors (Lipinski definition) is 3. The first-order valence-electron chi connectivity index (χ1n) is 15.5. The quantitative estimate of drug-likeness (QED) is 0.0914. The van der Waals surface area contributed by atoms with Gasteiger partial charge in [-0.1, -0.05) is 90.0 Å². The van der Waals surface area contributed by atoms with Gasteiger partial charge < -0.3 is 10.5 Å². The minimum atomic E-state index is -1.96.